The fourth-order valence-corrected chi connectivity index (χ4v) is 2.83. The molecule has 3 nitrogen and oxygen atoms in total. The molecule has 0 radical (unpaired) electrons. The van der Waals surface area contributed by atoms with Gasteiger partial charge in [-0.25, -0.2) is 4.98 Å². The van der Waals surface area contributed by atoms with Gasteiger partial charge in [0, 0.05) is 24.5 Å². The van der Waals surface area contributed by atoms with Crippen LogP contribution in [0.5, 0.6) is 0 Å². The molecule has 3 aromatic rings. The van der Waals surface area contributed by atoms with E-state index in [0.717, 1.165) is 27.8 Å². The fourth-order valence-electron chi connectivity index (χ4n) is 2.48. The molecule has 102 valence electrons. The Morgan fingerprint density at radius 1 is 1.15 bits per heavy atom. The van der Waals surface area contributed by atoms with E-state index >= 15 is 0 Å². The summed E-state index contributed by atoms with van der Waals surface area (Å²) in [5, 5.41) is 0. The average molecular weight is 330 g/mol. The number of rotatable bonds is 3. The first-order valence-corrected chi connectivity index (χ1v) is 7.36. The summed E-state index contributed by atoms with van der Waals surface area (Å²) in [6, 6.07) is 14.5. The zero-order valence-electron chi connectivity index (χ0n) is 11.3. The van der Waals surface area contributed by atoms with Crippen molar-refractivity contribution in [3.63, 3.8) is 0 Å². The lowest BCUT2D eigenvalue weighted by Gasteiger charge is -2.07. The van der Waals surface area contributed by atoms with Gasteiger partial charge in [0.05, 0.1) is 11.0 Å². The van der Waals surface area contributed by atoms with Crippen molar-refractivity contribution in [2.45, 2.75) is 13.0 Å². The van der Waals surface area contributed by atoms with Crippen LogP contribution in [-0.4, -0.2) is 9.55 Å². The number of nitrogens with zero attached hydrogens (tertiary/aromatic N) is 2. The predicted molar refractivity (Wildman–Crippen MR) is 85.6 cm³/mol. The Hall–Kier alpha value is -1.65. The minimum Gasteiger partial charge on any atom is -0.331 e. The largest absolute Gasteiger partial charge is 0.331 e. The zero-order chi connectivity index (χ0) is 14.1. The van der Waals surface area contributed by atoms with Crippen molar-refractivity contribution in [1.29, 1.82) is 0 Å². The topological polar surface area (TPSA) is 43.8 Å². The lowest BCUT2D eigenvalue weighted by molar-refractivity contribution is 0.837. The number of aryl methyl sites for hydroxylation is 1. The Bertz CT molecular complexity index is 762. The van der Waals surface area contributed by atoms with Gasteiger partial charge in [0.1, 0.15) is 5.82 Å². The summed E-state index contributed by atoms with van der Waals surface area (Å²) < 4.78 is 3.20. The SMILES string of the molecule is Cn1c(Cc2ccccc2CN)nc2cc(Br)ccc21. The second-order valence-electron chi connectivity index (χ2n) is 4.87. The number of hydrogen-bond donors (Lipinski definition) is 1. The Balaban J connectivity index is 2.04. The van der Waals surface area contributed by atoms with E-state index in [9.17, 15) is 0 Å². The van der Waals surface area contributed by atoms with Crippen LogP contribution in [0.15, 0.2) is 46.9 Å². The minimum atomic E-state index is 0.561. The van der Waals surface area contributed by atoms with Gasteiger partial charge in [-0.2, -0.15) is 0 Å². The van der Waals surface area contributed by atoms with E-state index in [4.69, 9.17) is 10.7 Å². The summed E-state index contributed by atoms with van der Waals surface area (Å²) in [4.78, 5) is 4.74. The highest BCUT2D eigenvalue weighted by molar-refractivity contribution is 9.10. The third-order valence-corrected chi connectivity index (χ3v) is 4.12. The van der Waals surface area contributed by atoms with Crippen molar-refractivity contribution in [3.8, 4) is 0 Å². The van der Waals surface area contributed by atoms with Crippen LogP contribution in [0.25, 0.3) is 11.0 Å². The third kappa shape index (κ3) is 2.37. The Labute approximate surface area is 126 Å². The molecule has 0 aliphatic rings. The predicted octanol–water partition coefficient (Wildman–Crippen LogP) is 3.39. The van der Waals surface area contributed by atoms with E-state index in [0.29, 0.717) is 6.54 Å². The van der Waals surface area contributed by atoms with Crippen molar-refractivity contribution in [2.24, 2.45) is 12.8 Å². The van der Waals surface area contributed by atoms with Crippen molar-refractivity contribution >= 4 is 27.0 Å². The fraction of sp³-hybridized carbons (Fsp3) is 0.188. The van der Waals surface area contributed by atoms with Gasteiger partial charge < -0.3 is 10.3 Å². The highest BCUT2D eigenvalue weighted by Gasteiger charge is 2.10. The summed E-state index contributed by atoms with van der Waals surface area (Å²) in [7, 11) is 2.06. The number of imidazole rings is 1. The van der Waals surface area contributed by atoms with E-state index in [1.165, 1.54) is 11.1 Å². The van der Waals surface area contributed by atoms with Crippen LogP contribution in [0.1, 0.15) is 17.0 Å². The number of halogens is 1. The smallest absolute Gasteiger partial charge is 0.114 e. The lowest BCUT2D eigenvalue weighted by atomic mass is 10.0. The Morgan fingerprint density at radius 3 is 2.65 bits per heavy atom. The minimum absolute atomic E-state index is 0.561. The van der Waals surface area contributed by atoms with Gasteiger partial charge in [-0.1, -0.05) is 40.2 Å². The van der Waals surface area contributed by atoms with Crippen LogP contribution in [-0.2, 0) is 20.0 Å². The summed E-state index contributed by atoms with van der Waals surface area (Å²) in [5.74, 6) is 1.05. The molecule has 0 spiro atoms. The second-order valence-corrected chi connectivity index (χ2v) is 5.79. The van der Waals surface area contributed by atoms with Crippen LogP contribution < -0.4 is 5.73 Å². The molecule has 20 heavy (non-hydrogen) atoms. The molecule has 0 aliphatic heterocycles. The molecular weight excluding hydrogens is 314 g/mol. The van der Waals surface area contributed by atoms with E-state index in [2.05, 4.69) is 45.7 Å². The van der Waals surface area contributed by atoms with E-state index in [1.54, 1.807) is 0 Å². The van der Waals surface area contributed by atoms with E-state index in [-0.39, 0.29) is 0 Å². The molecule has 4 heteroatoms. The maximum Gasteiger partial charge on any atom is 0.114 e. The molecule has 0 fully saturated rings. The quantitative estimate of drug-likeness (QED) is 0.800. The average Bonchev–Trinajstić information content (AvgIpc) is 2.75. The van der Waals surface area contributed by atoms with Gasteiger partial charge in [0.25, 0.3) is 0 Å². The highest BCUT2D eigenvalue weighted by Crippen LogP contribution is 2.22. The van der Waals surface area contributed by atoms with Crippen LogP contribution in [0.3, 0.4) is 0 Å². The Kier molecular flexibility index (Phi) is 3.59. The van der Waals surface area contributed by atoms with Crippen LogP contribution in [0.2, 0.25) is 0 Å². The molecule has 0 saturated heterocycles. The Morgan fingerprint density at radius 2 is 1.90 bits per heavy atom. The van der Waals surface area contributed by atoms with Crippen LogP contribution in [0.4, 0.5) is 0 Å². The van der Waals surface area contributed by atoms with E-state index < -0.39 is 0 Å². The molecule has 0 atom stereocenters. The van der Waals surface area contributed by atoms with Gasteiger partial charge in [0.15, 0.2) is 0 Å². The first-order valence-electron chi connectivity index (χ1n) is 6.56. The summed E-state index contributed by atoms with van der Waals surface area (Å²) in [6.07, 6.45) is 0.802. The highest BCUT2D eigenvalue weighted by atomic mass is 79.9. The summed E-state index contributed by atoms with van der Waals surface area (Å²) in [6.45, 7) is 0.561. The van der Waals surface area contributed by atoms with Gasteiger partial charge in [-0.05, 0) is 29.3 Å². The number of fused-ring (bicyclic) bond motifs is 1. The number of nitrogens with two attached hydrogens (primary N) is 1. The normalized spacial score (nSPS) is 11.2. The van der Waals surface area contributed by atoms with Gasteiger partial charge >= 0.3 is 0 Å². The lowest BCUT2D eigenvalue weighted by Crippen LogP contribution is -2.05. The molecule has 0 bridgehead atoms. The zero-order valence-corrected chi connectivity index (χ0v) is 12.9. The maximum absolute atomic E-state index is 5.80. The molecule has 0 saturated carbocycles. The van der Waals surface area contributed by atoms with Gasteiger partial charge in [-0.3, -0.25) is 0 Å². The van der Waals surface area contributed by atoms with Crippen LogP contribution in [0, 0.1) is 0 Å². The molecular formula is C16H16BrN3. The van der Waals surface area contributed by atoms with Crippen molar-refractivity contribution in [2.75, 3.05) is 0 Å². The molecule has 0 amide bonds. The molecule has 2 N–H and O–H groups in total. The molecule has 3 rings (SSSR count). The number of hydrogen-bond acceptors (Lipinski definition) is 2. The van der Waals surface area contributed by atoms with Gasteiger partial charge in [0.2, 0.25) is 0 Å². The maximum atomic E-state index is 5.80. The van der Waals surface area contributed by atoms with Crippen molar-refractivity contribution < 1.29 is 0 Å². The van der Waals surface area contributed by atoms with Crippen LogP contribution >= 0.6 is 15.9 Å². The molecule has 2 aromatic carbocycles. The molecule has 0 aliphatic carbocycles. The number of benzene rings is 2. The summed E-state index contributed by atoms with van der Waals surface area (Å²) in [5.41, 5.74) is 10.4. The first kappa shape index (κ1) is 13.3. The van der Waals surface area contributed by atoms with Crippen molar-refractivity contribution in [3.05, 3.63) is 63.9 Å². The second kappa shape index (κ2) is 5.38. The molecule has 1 heterocycles. The van der Waals surface area contributed by atoms with Crippen molar-refractivity contribution in [1.82, 2.24) is 9.55 Å². The standard InChI is InChI=1S/C16H16BrN3/c1-20-15-7-6-13(17)9-14(15)19-16(20)8-11-4-2-3-5-12(11)10-18/h2-7,9H,8,10,18H2,1H3. The first-order chi connectivity index (χ1) is 9.69. The summed E-state index contributed by atoms with van der Waals surface area (Å²) >= 11 is 3.49. The molecule has 1 aromatic heterocycles. The number of aromatic nitrogens is 2. The monoisotopic (exact) mass is 329 g/mol. The molecule has 0 unspecified atom stereocenters. The van der Waals surface area contributed by atoms with Gasteiger partial charge in [-0.15, -0.1) is 0 Å². The van der Waals surface area contributed by atoms with E-state index in [1.807, 2.05) is 24.3 Å². The third-order valence-electron chi connectivity index (χ3n) is 3.62.